The fraction of sp³-hybridized carbons (Fsp3) is 0.636. The van der Waals surface area contributed by atoms with Crippen molar-refractivity contribution in [1.82, 2.24) is 4.90 Å². The Morgan fingerprint density at radius 1 is 0.966 bits per heavy atom. The summed E-state index contributed by atoms with van der Waals surface area (Å²) >= 11 is 0. The standard InChI is InChI=1S/C22H30N2O5/c25-21(16-29-22(26)15-17-9-7-8-14-20(17)24(27)28)23(18-10-3-1-4-11-18)19-12-5-2-6-13-19/h7-9,14,18-19H,1-6,10-13,15-16H2. The predicted molar refractivity (Wildman–Crippen MR) is 108 cm³/mol. The zero-order chi connectivity index (χ0) is 20.6. The minimum atomic E-state index is -0.611. The molecule has 0 heterocycles. The second-order valence-electron chi connectivity index (χ2n) is 8.11. The number of benzene rings is 1. The third-order valence-electron chi connectivity index (χ3n) is 6.10. The van der Waals surface area contributed by atoms with Crippen LogP contribution in [0.2, 0.25) is 0 Å². The van der Waals surface area contributed by atoms with E-state index in [1.54, 1.807) is 12.1 Å². The molecule has 29 heavy (non-hydrogen) atoms. The number of nitro benzene ring substituents is 1. The van der Waals surface area contributed by atoms with Crippen LogP contribution in [0.1, 0.15) is 69.8 Å². The minimum Gasteiger partial charge on any atom is -0.455 e. The van der Waals surface area contributed by atoms with Crippen LogP contribution in [0.5, 0.6) is 0 Å². The molecular weight excluding hydrogens is 372 g/mol. The van der Waals surface area contributed by atoms with Gasteiger partial charge in [0.25, 0.3) is 11.6 Å². The summed E-state index contributed by atoms with van der Waals surface area (Å²) in [6, 6.07) is 6.60. The van der Waals surface area contributed by atoms with Gasteiger partial charge in [-0.05, 0) is 25.7 Å². The maximum atomic E-state index is 13.0. The quantitative estimate of drug-likeness (QED) is 0.388. The van der Waals surface area contributed by atoms with Crippen LogP contribution in [-0.2, 0) is 20.7 Å². The number of rotatable bonds is 7. The summed E-state index contributed by atoms with van der Waals surface area (Å²) in [5.74, 6) is -0.736. The van der Waals surface area contributed by atoms with E-state index in [4.69, 9.17) is 4.74 Å². The first-order valence-corrected chi connectivity index (χ1v) is 10.8. The molecule has 3 rings (SSSR count). The molecule has 7 heteroatoms. The van der Waals surface area contributed by atoms with Gasteiger partial charge < -0.3 is 9.64 Å². The molecule has 0 aromatic heterocycles. The Balaban J connectivity index is 1.60. The number of esters is 1. The van der Waals surface area contributed by atoms with E-state index in [-0.39, 0.29) is 36.7 Å². The van der Waals surface area contributed by atoms with Crippen LogP contribution in [-0.4, -0.2) is 40.4 Å². The summed E-state index contributed by atoms with van der Waals surface area (Å²) < 4.78 is 5.25. The fourth-order valence-corrected chi connectivity index (χ4v) is 4.69. The van der Waals surface area contributed by atoms with E-state index >= 15 is 0 Å². The zero-order valence-electron chi connectivity index (χ0n) is 16.9. The van der Waals surface area contributed by atoms with Crippen molar-refractivity contribution in [1.29, 1.82) is 0 Å². The number of nitrogens with zero attached hydrogens (tertiary/aromatic N) is 2. The normalized spacial score (nSPS) is 18.2. The highest BCUT2D eigenvalue weighted by molar-refractivity contribution is 5.82. The van der Waals surface area contributed by atoms with E-state index in [1.807, 2.05) is 4.90 Å². The highest BCUT2D eigenvalue weighted by atomic mass is 16.6. The van der Waals surface area contributed by atoms with Crippen LogP contribution < -0.4 is 0 Å². The lowest BCUT2D eigenvalue weighted by molar-refractivity contribution is -0.385. The molecule has 0 atom stereocenters. The predicted octanol–water partition coefficient (Wildman–Crippen LogP) is 4.17. The average Bonchev–Trinajstić information content (AvgIpc) is 2.74. The number of amides is 1. The molecule has 1 amide bonds. The first kappa shape index (κ1) is 21.3. The highest BCUT2D eigenvalue weighted by Gasteiger charge is 2.32. The Morgan fingerprint density at radius 3 is 2.07 bits per heavy atom. The van der Waals surface area contributed by atoms with Gasteiger partial charge in [0.05, 0.1) is 11.3 Å². The van der Waals surface area contributed by atoms with Gasteiger partial charge in [-0.25, -0.2) is 0 Å². The monoisotopic (exact) mass is 402 g/mol. The van der Waals surface area contributed by atoms with Gasteiger partial charge in [-0.3, -0.25) is 19.7 Å². The SMILES string of the molecule is O=C(Cc1ccccc1[N+](=O)[O-])OCC(=O)N(C1CCCCC1)C1CCCCC1. The maximum Gasteiger partial charge on any atom is 0.311 e. The number of ether oxygens (including phenoxy) is 1. The Bertz CT molecular complexity index is 706. The average molecular weight is 402 g/mol. The van der Waals surface area contributed by atoms with Crippen LogP contribution in [0.4, 0.5) is 5.69 Å². The molecule has 0 saturated heterocycles. The molecule has 2 fully saturated rings. The van der Waals surface area contributed by atoms with Crippen LogP contribution in [0.25, 0.3) is 0 Å². The lowest BCUT2D eigenvalue weighted by Crippen LogP contribution is -2.50. The first-order chi connectivity index (χ1) is 14.1. The van der Waals surface area contributed by atoms with Crippen LogP contribution >= 0.6 is 0 Å². The largest absolute Gasteiger partial charge is 0.455 e. The second-order valence-corrected chi connectivity index (χ2v) is 8.11. The van der Waals surface area contributed by atoms with Crippen molar-refractivity contribution in [2.75, 3.05) is 6.61 Å². The van der Waals surface area contributed by atoms with Gasteiger partial charge in [0, 0.05) is 23.7 Å². The summed E-state index contributed by atoms with van der Waals surface area (Å²) in [6.07, 6.45) is 10.9. The Labute approximate surface area is 171 Å². The minimum absolute atomic E-state index is 0.109. The molecule has 0 unspecified atom stereocenters. The summed E-state index contributed by atoms with van der Waals surface area (Å²) in [5.41, 5.74) is 0.188. The van der Waals surface area contributed by atoms with E-state index in [2.05, 4.69) is 0 Å². The summed E-state index contributed by atoms with van der Waals surface area (Å²) in [5, 5.41) is 11.1. The molecule has 0 radical (unpaired) electrons. The molecule has 2 saturated carbocycles. The molecule has 2 aliphatic rings. The molecule has 0 spiro atoms. The number of hydrogen-bond donors (Lipinski definition) is 0. The van der Waals surface area contributed by atoms with Gasteiger partial charge in [0.15, 0.2) is 6.61 Å². The third kappa shape index (κ3) is 5.78. The molecule has 7 nitrogen and oxygen atoms in total. The number of carbonyl (C=O) groups excluding carboxylic acids is 2. The topological polar surface area (TPSA) is 89.7 Å². The Kier molecular flexibility index (Phi) is 7.61. The smallest absolute Gasteiger partial charge is 0.311 e. The van der Waals surface area contributed by atoms with Crippen molar-refractivity contribution in [2.24, 2.45) is 0 Å². The summed E-state index contributed by atoms with van der Waals surface area (Å²) in [7, 11) is 0. The van der Waals surface area contributed by atoms with Crippen molar-refractivity contribution >= 4 is 17.6 Å². The summed E-state index contributed by atoms with van der Waals surface area (Å²) in [6.45, 7) is -0.285. The molecule has 2 aliphatic carbocycles. The van der Waals surface area contributed by atoms with Gasteiger partial charge in [0.1, 0.15) is 0 Å². The molecule has 0 bridgehead atoms. The molecular formula is C22H30N2O5. The van der Waals surface area contributed by atoms with Crippen LogP contribution in [0.15, 0.2) is 24.3 Å². The van der Waals surface area contributed by atoms with E-state index in [0.29, 0.717) is 5.56 Å². The lowest BCUT2D eigenvalue weighted by atomic mass is 9.88. The van der Waals surface area contributed by atoms with E-state index in [0.717, 1.165) is 51.4 Å². The number of carbonyl (C=O) groups is 2. The van der Waals surface area contributed by atoms with Gasteiger partial charge >= 0.3 is 5.97 Å². The fourth-order valence-electron chi connectivity index (χ4n) is 4.69. The molecule has 158 valence electrons. The Morgan fingerprint density at radius 2 is 1.52 bits per heavy atom. The molecule has 1 aromatic carbocycles. The zero-order valence-corrected chi connectivity index (χ0v) is 16.9. The number of hydrogen-bond acceptors (Lipinski definition) is 5. The molecule has 1 aromatic rings. The lowest BCUT2D eigenvalue weighted by Gasteiger charge is -2.41. The maximum absolute atomic E-state index is 13.0. The van der Waals surface area contributed by atoms with E-state index < -0.39 is 10.9 Å². The van der Waals surface area contributed by atoms with Crippen molar-refractivity contribution in [3.05, 3.63) is 39.9 Å². The van der Waals surface area contributed by atoms with Gasteiger partial charge in [-0.1, -0.05) is 56.7 Å². The first-order valence-electron chi connectivity index (χ1n) is 10.8. The molecule has 0 aliphatic heterocycles. The molecule has 0 N–H and O–H groups in total. The van der Waals surface area contributed by atoms with Crippen molar-refractivity contribution < 1.29 is 19.2 Å². The van der Waals surface area contributed by atoms with Gasteiger partial charge in [-0.2, -0.15) is 0 Å². The van der Waals surface area contributed by atoms with E-state index in [1.165, 1.54) is 25.0 Å². The van der Waals surface area contributed by atoms with Gasteiger partial charge in [-0.15, -0.1) is 0 Å². The van der Waals surface area contributed by atoms with Crippen molar-refractivity contribution in [3.63, 3.8) is 0 Å². The van der Waals surface area contributed by atoms with E-state index in [9.17, 15) is 19.7 Å². The van der Waals surface area contributed by atoms with Crippen LogP contribution in [0, 0.1) is 10.1 Å². The highest BCUT2D eigenvalue weighted by Crippen LogP contribution is 2.30. The second kappa shape index (κ2) is 10.4. The van der Waals surface area contributed by atoms with Crippen LogP contribution in [0.3, 0.4) is 0 Å². The third-order valence-corrected chi connectivity index (χ3v) is 6.10. The number of nitro groups is 1. The van der Waals surface area contributed by atoms with Gasteiger partial charge in [0.2, 0.25) is 0 Å². The van der Waals surface area contributed by atoms with Crippen molar-refractivity contribution in [2.45, 2.75) is 82.7 Å². The van der Waals surface area contributed by atoms with Crippen molar-refractivity contribution in [3.8, 4) is 0 Å². The summed E-state index contributed by atoms with van der Waals surface area (Å²) in [4.78, 5) is 37.9. The number of para-hydroxylation sites is 1. The Hall–Kier alpha value is -2.44.